The van der Waals surface area contributed by atoms with Gasteiger partial charge in [0.05, 0.1) is 6.04 Å². The molecule has 0 radical (unpaired) electrons. The maximum Gasteiger partial charge on any atom is 0.227 e. The highest BCUT2D eigenvalue weighted by molar-refractivity contribution is 5.94. The highest BCUT2D eigenvalue weighted by Gasteiger charge is 2.46. The summed E-state index contributed by atoms with van der Waals surface area (Å²) in [5.74, 6) is 1.97. The second-order valence-electron chi connectivity index (χ2n) is 10.0. The van der Waals surface area contributed by atoms with Crippen molar-refractivity contribution in [2.45, 2.75) is 71.3 Å². The smallest absolute Gasteiger partial charge is 0.227 e. The Labute approximate surface area is 169 Å². The van der Waals surface area contributed by atoms with Crippen molar-refractivity contribution in [2.24, 2.45) is 17.8 Å². The number of carbonyl (C=O) groups is 1. The molecule has 4 nitrogen and oxygen atoms in total. The van der Waals surface area contributed by atoms with Gasteiger partial charge in [-0.25, -0.2) is 4.59 Å². The predicted molar refractivity (Wildman–Crippen MR) is 115 cm³/mol. The van der Waals surface area contributed by atoms with Gasteiger partial charge in [-0.05, 0) is 69.4 Å². The lowest BCUT2D eigenvalue weighted by molar-refractivity contribution is -0.121. The molecule has 28 heavy (non-hydrogen) atoms. The molecule has 1 aromatic rings. The fourth-order valence-corrected chi connectivity index (χ4v) is 6.85. The Bertz CT molecular complexity index is 754. The van der Waals surface area contributed by atoms with Gasteiger partial charge in [0.2, 0.25) is 5.91 Å². The molecule has 0 spiro atoms. The summed E-state index contributed by atoms with van der Waals surface area (Å²) >= 11 is 0. The fraction of sp³-hybridized carbons (Fsp3) is 0.708. The minimum absolute atomic E-state index is 0.250. The predicted octanol–water partition coefficient (Wildman–Crippen LogP) is 4.87. The lowest BCUT2D eigenvalue weighted by atomic mass is 9.88. The normalized spacial score (nSPS) is 34.2. The van der Waals surface area contributed by atoms with Crippen molar-refractivity contribution in [3.8, 4) is 0 Å². The SMILES string of the molecule is Cc1cc([N+]2(N3CCCC3C)CCCC2)ccc1NC(=O)[C@H]1CC2CC[C@H]1C2. The highest BCUT2D eigenvalue weighted by atomic mass is 16.1. The van der Waals surface area contributed by atoms with E-state index >= 15 is 0 Å². The van der Waals surface area contributed by atoms with Crippen molar-refractivity contribution in [2.75, 3.05) is 25.0 Å². The van der Waals surface area contributed by atoms with Gasteiger partial charge < -0.3 is 5.32 Å². The summed E-state index contributed by atoms with van der Waals surface area (Å²) in [4.78, 5) is 12.9. The Morgan fingerprint density at radius 3 is 2.54 bits per heavy atom. The molecule has 2 saturated carbocycles. The summed E-state index contributed by atoms with van der Waals surface area (Å²) in [5.41, 5.74) is 3.65. The number of fused-ring (bicyclic) bond motifs is 2. The van der Waals surface area contributed by atoms with Crippen LogP contribution in [0.2, 0.25) is 0 Å². The third kappa shape index (κ3) is 3.00. The molecule has 1 N–H and O–H groups in total. The van der Waals surface area contributed by atoms with Crippen LogP contribution in [0.15, 0.2) is 18.2 Å². The molecule has 0 aromatic heterocycles. The summed E-state index contributed by atoms with van der Waals surface area (Å²) in [5, 5.41) is 6.02. The van der Waals surface area contributed by atoms with Gasteiger partial charge >= 0.3 is 0 Å². The molecule has 4 atom stereocenters. The third-order valence-electron chi connectivity index (χ3n) is 8.34. The van der Waals surface area contributed by atoms with Gasteiger partial charge in [-0.1, -0.05) is 6.42 Å². The second-order valence-corrected chi connectivity index (χ2v) is 10.0. The zero-order chi connectivity index (χ0) is 19.3. The van der Waals surface area contributed by atoms with Crippen LogP contribution in [0.3, 0.4) is 0 Å². The lowest BCUT2D eigenvalue weighted by Gasteiger charge is -2.43. The fourth-order valence-electron chi connectivity index (χ4n) is 6.85. The van der Waals surface area contributed by atoms with E-state index in [2.05, 4.69) is 42.4 Å². The number of amides is 1. The largest absolute Gasteiger partial charge is 0.326 e. The van der Waals surface area contributed by atoms with Crippen LogP contribution in [-0.4, -0.2) is 36.6 Å². The van der Waals surface area contributed by atoms with Crippen LogP contribution < -0.4 is 9.91 Å². The van der Waals surface area contributed by atoms with E-state index in [4.69, 9.17) is 0 Å². The summed E-state index contributed by atoms with van der Waals surface area (Å²) in [6, 6.07) is 7.48. The first kappa shape index (κ1) is 18.6. The topological polar surface area (TPSA) is 32.3 Å². The minimum atomic E-state index is 0.250. The molecule has 1 amide bonds. The lowest BCUT2D eigenvalue weighted by Crippen LogP contribution is -2.61. The molecule has 2 heterocycles. The number of hydrogen-bond donors (Lipinski definition) is 1. The summed E-state index contributed by atoms with van der Waals surface area (Å²) in [6.45, 7) is 8.21. The number of rotatable bonds is 4. The van der Waals surface area contributed by atoms with Gasteiger partial charge in [-0.3, -0.25) is 4.79 Å². The monoisotopic (exact) mass is 382 g/mol. The van der Waals surface area contributed by atoms with Crippen LogP contribution >= 0.6 is 0 Å². The second kappa shape index (κ2) is 7.14. The summed E-state index contributed by atoms with van der Waals surface area (Å²) in [7, 11) is 0. The molecule has 1 aromatic carbocycles. The van der Waals surface area contributed by atoms with Crippen molar-refractivity contribution in [1.29, 1.82) is 0 Å². The van der Waals surface area contributed by atoms with Crippen LogP contribution in [-0.2, 0) is 4.79 Å². The molecule has 5 rings (SSSR count). The van der Waals surface area contributed by atoms with E-state index < -0.39 is 0 Å². The van der Waals surface area contributed by atoms with E-state index in [0.717, 1.165) is 22.6 Å². The van der Waals surface area contributed by atoms with Crippen molar-refractivity contribution in [3.63, 3.8) is 0 Å². The van der Waals surface area contributed by atoms with E-state index in [0.29, 0.717) is 12.0 Å². The maximum absolute atomic E-state index is 12.9. The molecule has 4 aliphatic rings. The number of carbonyl (C=O) groups excluding carboxylic acids is 1. The minimum Gasteiger partial charge on any atom is -0.326 e. The Kier molecular flexibility index (Phi) is 4.75. The van der Waals surface area contributed by atoms with E-state index in [1.165, 1.54) is 75.8 Å². The van der Waals surface area contributed by atoms with Gasteiger partial charge in [-0.2, -0.15) is 0 Å². The van der Waals surface area contributed by atoms with E-state index in [-0.39, 0.29) is 11.8 Å². The number of anilines is 1. The molecular formula is C24H36N3O+. The average molecular weight is 383 g/mol. The van der Waals surface area contributed by atoms with Gasteiger partial charge in [0.1, 0.15) is 13.1 Å². The van der Waals surface area contributed by atoms with Crippen LogP contribution in [0, 0.1) is 24.7 Å². The zero-order valence-corrected chi connectivity index (χ0v) is 17.6. The Hall–Kier alpha value is -1.39. The Morgan fingerprint density at radius 1 is 1.11 bits per heavy atom. The zero-order valence-electron chi connectivity index (χ0n) is 17.6. The number of aryl methyl sites for hydroxylation is 1. The molecule has 4 fully saturated rings. The van der Waals surface area contributed by atoms with Crippen molar-refractivity contribution < 1.29 is 4.79 Å². The third-order valence-corrected chi connectivity index (χ3v) is 8.34. The first-order valence-electron chi connectivity index (χ1n) is 11.6. The van der Waals surface area contributed by atoms with E-state index in [9.17, 15) is 4.79 Å². The van der Waals surface area contributed by atoms with Crippen LogP contribution in [0.4, 0.5) is 11.4 Å². The molecule has 2 bridgehead atoms. The van der Waals surface area contributed by atoms with Gasteiger partial charge in [0.25, 0.3) is 0 Å². The highest BCUT2D eigenvalue weighted by Crippen LogP contribution is 2.48. The molecule has 2 aliphatic heterocycles. The number of nitrogens with one attached hydrogen (secondary N) is 1. The van der Waals surface area contributed by atoms with Crippen LogP contribution in [0.1, 0.15) is 63.9 Å². The van der Waals surface area contributed by atoms with E-state index in [1.807, 2.05) is 0 Å². The number of quaternary nitrogens is 1. The van der Waals surface area contributed by atoms with E-state index in [1.54, 1.807) is 0 Å². The van der Waals surface area contributed by atoms with Crippen molar-refractivity contribution in [3.05, 3.63) is 23.8 Å². The maximum atomic E-state index is 12.9. The van der Waals surface area contributed by atoms with Gasteiger partial charge in [0, 0.05) is 43.1 Å². The molecule has 4 heteroatoms. The van der Waals surface area contributed by atoms with Gasteiger partial charge in [-0.15, -0.1) is 5.01 Å². The van der Waals surface area contributed by atoms with Crippen LogP contribution in [0.5, 0.6) is 0 Å². The molecular weight excluding hydrogens is 346 g/mol. The molecule has 2 saturated heterocycles. The Balaban J connectivity index is 1.36. The van der Waals surface area contributed by atoms with Crippen molar-refractivity contribution >= 4 is 17.3 Å². The average Bonchev–Trinajstić information content (AvgIpc) is 3.47. The standard InChI is InChI=1S/C24H35N3O/c1-17-14-21(27(12-3-4-13-27)26-11-5-6-18(26)2)9-10-23(17)25-24(28)22-16-19-7-8-20(22)15-19/h9-10,14,18-20,22H,3-8,11-13,15-16H2,1-2H3/p+1/t18?,19?,20-,22-/m0/s1. The molecule has 2 unspecified atom stereocenters. The molecule has 2 aliphatic carbocycles. The summed E-state index contributed by atoms with van der Waals surface area (Å²) in [6.07, 6.45) is 10.3. The first-order valence-corrected chi connectivity index (χ1v) is 11.6. The summed E-state index contributed by atoms with van der Waals surface area (Å²) < 4.78 is 1.03. The number of hydrogen-bond acceptors (Lipinski definition) is 2. The molecule has 152 valence electrons. The quantitative estimate of drug-likeness (QED) is 0.754. The van der Waals surface area contributed by atoms with Gasteiger partial charge in [0.15, 0.2) is 5.69 Å². The van der Waals surface area contributed by atoms with Crippen LogP contribution in [0.25, 0.3) is 0 Å². The number of benzene rings is 1. The Morgan fingerprint density at radius 2 is 1.93 bits per heavy atom. The van der Waals surface area contributed by atoms with Crippen molar-refractivity contribution in [1.82, 2.24) is 9.60 Å². The number of nitrogens with zero attached hydrogens (tertiary/aromatic N) is 2. The first-order chi connectivity index (χ1) is 13.6.